The molecule has 0 spiro atoms. The predicted molar refractivity (Wildman–Crippen MR) is 59.7 cm³/mol. The average molecular weight is 211 g/mol. The fraction of sp³-hybridized carbons (Fsp3) is 0.636. The first-order valence-electron chi connectivity index (χ1n) is 5.15. The highest BCUT2D eigenvalue weighted by Crippen LogP contribution is 2.35. The number of rotatable bonds is 5. The van der Waals surface area contributed by atoms with Gasteiger partial charge in [-0.05, 0) is 37.6 Å². The molecule has 1 aromatic heterocycles. The molecule has 0 amide bonds. The van der Waals surface area contributed by atoms with E-state index in [9.17, 15) is 5.11 Å². The van der Waals surface area contributed by atoms with E-state index in [2.05, 4.69) is 29.8 Å². The summed E-state index contributed by atoms with van der Waals surface area (Å²) in [6.07, 6.45) is 3.32. The Morgan fingerprint density at radius 1 is 1.64 bits per heavy atom. The van der Waals surface area contributed by atoms with Crippen molar-refractivity contribution in [2.45, 2.75) is 37.8 Å². The van der Waals surface area contributed by atoms with Crippen LogP contribution in [0.5, 0.6) is 0 Å². The molecule has 1 aromatic rings. The Labute approximate surface area is 89.0 Å². The highest BCUT2D eigenvalue weighted by Gasteiger charge is 2.42. The molecule has 0 aromatic carbocycles. The first-order chi connectivity index (χ1) is 6.74. The SMILES string of the molecule is CC(Cc1cccs1)NC1(CO)CC1. The van der Waals surface area contributed by atoms with Crippen LogP contribution in [0.2, 0.25) is 0 Å². The molecule has 1 aliphatic rings. The van der Waals surface area contributed by atoms with E-state index in [-0.39, 0.29) is 12.1 Å². The van der Waals surface area contributed by atoms with Gasteiger partial charge in [0, 0.05) is 16.5 Å². The lowest BCUT2D eigenvalue weighted by Crippen LogP contribution is -2.42. The summed E-state index contributed by atoms with van der Waals surface area (Å²) in [6.45, 7) is 2.47. The van der Waals surface area contributed by atoms with Crippen molar-refractivity contribution in [2.75, 3.05) is 6.61 Å². The molecule has 0 radical (unpaired) electrons. The molecule has 2 nitrogen and oxygen atoms in total. The lowest BCUT2D eigenvalue weighted by molar-refractivity contribution is 0.220. The summed E-state index contributed by atoms with van der Waals surface area (Å²) in [7, 11) is 0. The molecule has 1 aliphatic carbocycles. The molecule has 78 valence electrons. The monoisotopic (exact) mass is 211 g/mol. The molecule has 0 saturated heterocycles. The van der Waals surface area contributed by atoms with Crippen molar-refractivity contribution in [1.29, 1.82) is 0 Å². The highest BCUT2D eigenvalue weighted by molar-refractivity contribution is 7.09. The number of aliphatic hydroxyl groups excluding tert-OH is 1. The third-order valence-electron chi connectivity index (χ3n) is 2.80. The van der Waals surface area contributed by atoms with Crippen LogP contribution in [0, 0.1) is 0 Å². The lowest BCUT2D eigenvalue weighted by atomic mass is 10.1. The standard InChI is InChI=1S/C11H17NOS/c1-9(7-10-3-2-6-14-10)12-11(8-13)4-5-11/h2-3,6,9,12-13H,4-5,7-8H2,1H3. The minimum atomic E-state index is 0.0661. The molecule has 1 atom stereocenters. The minimum Gasteiger partial charge on any atom is -0.394 e. The maximum atomic E-state index is 9.17. The van der Waals surface area contributed by atoms with Gasteiger partial charge in [0.05, 0.1) is 6.61 Å². The van der Waals surface area contributed by atoms with Crippen molar-refractivity contribution >= 4 is 11.3 Å². The third-order valence-corrected chi connectivity index (χ3v) is 3.69. The summed E-state index contributed by atoms with van der Waals surface area (Å²) in [5, 5.41) is 14.8. The van der Waals surface area contributed by atoms with Crippen molar-refractivity contribution in [3.63, 3.8) is 0 Å². The van der Waals surface area contributed by atoms with Crippen LogP contribution in [0.15, 0.2) is 17.5 Å². The second kappa shape index (κ2) is 4.01. The highest BCUT2D eigenvalue weighted by atomic mass is 32.1. The Bertz CT molecular complexity index is 279. The van der Waals surface area contributed by atoms with E-state index in [0.717, 1.165) is 19.3 Å². The zero-order valence-electron chi connectivity index (χ0n) is 8.49. The molecule has 0 aliphatic heterocycles. The van der Waals surface area contributed by atoms with Crippen molar-refractivity contribution in [3.05, 3.63) is 22.4 Å². The predicted octanol–water partition coefficient (Wildman–Crippen LogP) is 1.79. The summed E-state index contributed by atoms with van der Waals surface area (Å²) >= 11 is 1.80. The zero-order valence-corrected chi connectivity index (χ0v) is 9.31. The number of thiophene rings is 1. The molecular formula is C11H17NOS. The lowest BCUT2D eigenvalue weighted by Gasteiger charge is -2.20. The second-order valence-corrected chi connectivity index (χ2v) is 5.30. The first kappa shape index (κ1) is 10.1. The van der Waals surface area contributed by atoms with E-state index in [0.29, 0.717) is 6.04 Å². The molecule has 1 fully saturated rings. The zero-order chi connectivity index (χ0) is 10.0. The number of hydrogen-bond donors (Lipinski definition) is 2. The van der Waals surface area contributed by atoms with Gasteiger partial charge in [0.2, 0.25) is 0 Å². The van der Waals surface area contributed by atoms with E-state index in [1.807, 2.05) is 0 Å². The van der Waals surface area contributed by atoms with Gasteiger partial charge in [-0.3, -0.25) is 0 Å². The summed E-state index contributed by atoms with van der Waals surface area (Å²) < 4.78 is 0. The number of aliphatic hydroxyl groups is 1. The van der Waals surface area contributed by atoms with Gasteiger partial charge in [-0.2, -0.15) is 0 Å². The molecule has 3 heteroatoms. The van der Waals surface area contributed by atoms with E-state index in [1.165, 1.54) is 4.88 Å². The summed E-state index contributed by atoms with van der Waals surface area (Å²) in [4.78, 5) is 1.42. The number of hydrogen-bond acceptors (Lipinski definition) is 3. The van der Waals surface area contributed by atoms with Gasteiger partial charge in [-0.1, -0.05) is 6.07 Å². The third kappa shape index (κ3) is 2.35. The molecule has 14 heavy (non-hydrogen) atoms. The van der Waals surface area contributed by atoms with Gasteiger partial charge in [-0.25, -0.2) is 0 Å². The molecule has 1 saturated carbocycles. The normalized spacial score (nSPS) is 20.7. The van der Waals surface area contributed by atoms with Crippen LogP contribution >= 0.6 is 11.3 Å². The van der Waals surface area contributed by atoms with Gasteiger partial charge in [0.1, 0.15) is 0 Å². The minimum absolute atomic E-state index is 0.0661. The first-order valence-corrected chi connectivity index (χ1v) is 6.03. The maximum Gasteiger partial charge on any atom is 0.0613 e. The van der Waals surface area contributed by atoms with E-state index in [1.54, 1.807) is 11.3 Å². The molecule has 1 heterocycles. The topological polar surface area (TPSA) is 32.3 Å². The number of nitrogens with one attached hydrogen (secondary N) is 1. The Hall–Kier alpha value is -0.380. The van der Waals surface area contributed by atoms with Crippen LogP contribution in [-0.2, 0) is 6.42 Å². The Balaban J connectivity index is 1.82. The summed E-state index contributed by atoms with van der Waals surface area (Å²) in [5.41, 5.74) is 0.0661. The quantitative estimate of drug-likeness (QED) is 0.778. The Morgan fingerprint density at radius 2 is 2.43 bits per heavy atom. The summed E-state index contributed by atoms with van der Waals surface area (Å²) in [6, 6.07) is 4.72. The van der Waals surface area contributed by atoms with Crippen LogP contribution in [0.1, 0.15) is 24.6 Å². The van der Waals surface area contributed by atoms with Crippen molar-refractivity contribution in [2.24, 2.45) is 0 Å². The van der Waals surface area contributed by atoms with Gasteiger partial charge < -0.3 is 10.4 Å². The van der Waals surface area contributed by atoms with E-state index in [4.69, 9.17) is 0 Å². The molecule has 2 N–H and O–H groups in total. The van der Waals surface area contributed by atoms with Crippen molar-refractivity contribution in [3.8, 4) is 0 Å². The molecule has 0 bridgehead atoms. The van der Waals surface area contributed by atoms with Crippen LogP contribution < -0.4 is 5.32 Å². The Kier molecular flexibility index (Phi) is 2.91. The van der Waals surface area contributed by atoms with Crippen LogP contribution in [0.25, 0.3) is 0 Å². The van der Waals surface area contributed by atoms with Gasteiger partial charge in [0.25, 0.3) is 0 Å². The van der Waals surface area contributed by atoms with Gasteiger partial charge in [0.15, 0.2) is 0 Å². The van der Waals surface area contributed by atoms with E-state index >= 15 is 0 Å². The largest absolute Gasteiger partial charge is 0.394 e. The average Bonchev–Trinajstić information content (AvgIpc) is 2.74. The maximum absolute atomic E-state index is 9.17. The van der Waals surface area contributed by atoms with Crippen LogP contribution in [0.3, 0.4) is 0 Å². The van der Waals surface area contributed by atoms with Crippen LogP contribution in [0.4, 0.5) is 0 Å². The van der Waals surface area contributed by atoms with Gasteiger partial charge in [-0.15, -0.1) is 11.3 Å². The smallest absolute Gasteiger partial charge is 0.0613 e. The molecular weight excluding hydrogens is 194 g/mol. The van der Waals surface area contributed by atoms with Gasteiger partial charge >= 0.3 is 0 Å². The van der Waals surface area contributed by atoms with E-state index < -0.39 is 0 Å². The Morgan fingerprint density at radius 3 is 2.93 bits per heavy atom. The fourth-order valence-corrected chi connectivity index (χ4v) is 2.64. The molecule has 2 rings (SSSR count). The fourth-order valence-electron chi connectivity index (χ4n) is 1.80. The van der Waals surface area contributed by atoms with Crippen LogP contribution in [-0.4, -0.2) is 23.3 Å². The second-order valence-electron chi connectivity index (χ2n) is 4.27. The molecule has 1 unspecified atom stereocenters. The summed E-state index contributed by atoms with van der Waals surface area (Å²) in [5.74, 6) is 0. The van der Waals surface area contributed by atoms with Crippen molar-refractivity contribution in [1.82, 2.24) is 5.32 Å². The van der Waals surface area contributed by atoms with Crippen molar-refractivity contribution < 1.29 is 5.11 Å².